The van der Waals surface area contributed by atoms with Crippen molar-refractivity contribution in [3.05, 3.63) is 41.5 Å². The summed E-state index contributed by atoms with van der Waals surface area (Å²) in [5.41, 5.74) is 0.832. The van der Waals surface area contributed by atoms with Gasteiger partial charge in [0.05, 0.1) is 6.42 Å². The molecule has 1 heterocycles. The third kappa shape index (κ3) is 3.57. The number of rotatable bonds is 5. The molecule has 0 aliphatic rings. The summed E-state index contributed by atoms with van der Waals surface area (Å²) in [5, 5.41) is 8.97. The highest BCUT2D eigenvalue weighted by molar-refractivity contribution is 7.99. The van der Waals surface area contributed by atoms with Crippen LogP contribution < -0.4 is 0 Å². The molecule has 5 heteroatoms. The zero-order chi connectivity index (χ0) is 13.0. The molecule has 0 radical (unpaired) electrons. The van der Waals surface area contributed by atoms with E-state index in [-0.39, 0.29) is 5.82 Å². The van der Waals surface area contributed by atoms with Gasteiger partial charge in [0.15, 0.2) is 0 Å². The molecule has 0 aliphatic carbocycles. The maximum atomic E-state index is 13.0. The quantitative estimate of drug-likeness (QED) is 0.774. The number of aromatic nitrogens is 2. The molecule has 0 saturated heterocycles. The number of hydrogen-bond acceptors (Lipinski definition) is 4. The predicted octanol–water partition coefficient (Wildman–Crippen LogP) is 3.69. The van der Waals surface area contributed by atoms with Crippen molar-refractivity contribution in [1.82, 2.24) is 10.2 Å². The summed E-state index contributed by atoms with van der Waals surface area (Å²) in [7, 11) is 0. The fourth-order valence-electron chi connectivity index (χ4n) is 1.43. The second-order valence-corrected chi connectivity index (χ2v) is 5.49. The van der Waals surface area contributed by atoms with Crippen LogP contribution >= 0.6 is 11.8 Å². The molecule has 0 spiro atoms. The van der Waals surface area contributed by atoms with Gasteiger partial charge in [-0.15, -0.1) is 10.2 Å². The number of nitrogens with zero attached hydrogens (tertiary/aromatic N) is 2. The molecule has 0 fully saturated rings. The molecule has 1 atom stereocenters. The molecular formula is C13H15FN2OS. The number of halogens is 1. The highest BCUT2D eigenvalue weighted by Crippen LogP contribution is 2.24. The van der Waals surface area contributed by atoms with Gasteiger partial charge in [-0.05, 0) is 24.1 Å². The Balaban J connectivity index is 2.02. The summed E-state index contributed by atoms with van der Waals surface area (Å²) in [4.78, 5) is 0. The normalized spacial score (nSPS) is 12.6. The van der Waals surface area contributed by atoms with Crippen molar-refractivity contribution < 1.29 is 8.81 Å². The van der Waals surface area contributed by atoms with E-state index >= 15 is 0 Å². The van der Waals surface area contributed by atoms with E-state index in [4.69, 9.17) is 4.42 Å². The molecule has 0 aliphatic heterocycles. The van der Waals surface area contributed by atoms with E-state index in [9.17, 15) is 4.39 Å². The van der Waals surface area contributed by atoms with Gasteiger partial charge in [0.1, 0.15) is 5.82 Å². The van der Waals surface area contributed by atoms with Crippen molar-refractivity contribution in [1.29, 1.82) is 0 Å². The average molecular weight is 266 g/mol. The van der Waals surface area contributed by atoms with Crippen LogP contribution in [0.4, 0.5) is 4.39 Å². The molecule has 2 rings (SSSR count). The van der Waals surface area contributed by atoms with Gasteiger partial charge in [-0.25, -0.2) is 4.39 Å². The topological polar surface area (TPSA) is 38.9 Å². The number of benzene rings is 1. The Labute approximate surface area is 110 Å². The minimum absolute atomic E-state index is 0.249. The molecule has 1 aromatic carbocycles. The molecule has 3 nitrogen and oxygen atoms in total. The minimum Gasteiger partial charge on any atom is -0.416 e. The lowest BCUT2D eigenvalue weighted by Gasteiger charge is -2.01. The Morgan fingerprint density at radius 2 is 2.22 bits per heavy atom. The van der Waals surface area contributed by atoms with E-state index in [1.54, 1.807) is 17.8 Å². The van der Waals surface area contributed by atoms with Crippen LogP contribution in [0.5, 0.6) is 0 Å². The third-order valence-electron chi connectivity index (χ3n) is 2.57. The molecule has 2 aromatic rings. The van der Waals surface area contributed by atoms with Gasteiger partial charge in [0.25, 0.3) is 5.22 Å². The van der Waals surface area contributed by atoms with E-state index < -0.39 is 0 Å². The first-order chi connectivity index (χ1) is 8.67. The largest absolute Gasteiger partial charge is 0.416 e. The summed E-state index contributed by atoms with van der Waals surface area (Å²) < 4.78 is 18.5. The maximum Gasteiger partial charge on any atom is 0.276 e. The minimum atomic E-state index is -0.249. The van der Waals surface area contributed by atoms with Crippen LogP contribution in [0.15, 0.2) is 33.9 Å². The summed E-state index contributed by atoms with van der Waals surface area (Å²) in [6, 6.07) is 6.41. The Bertz CT molecular complexity index is 515. The van der Waals surface area contributed by atoms with E-state index in [0.717, 1.165) is 12.0 Å². The monoisotopic (exact) mass is 266 g/mol. The van der Waals surface area contributed by atoms with E-state index in [0.29, 0.717) is 22.8 Å². The first-order valence-electron chi connectivity index (χ1n) is 5.91. The Morgan fingerprint density at radius 1 is 1.39 bits per heavy atom. The molecular weight excluding hydrogens is 251 g/mol. The smallest absolute Gasteiger partial charge is 0.276 e. The summed E-state index contributed by atoms with van der Waals surface area (Å²) in [5.74, 6) is 0.271. The molecule has 0 amide bonds. The van der Waals surface area contributed by atoms with Crippen molar-refractivity contribution in [2.45, 2.75) is 37.2 Å². The molecule has 0 N–H and O–H groups in total. The molecule has 1 aromatic heterocycles. The highest BCUT2D eigenvalue weighted by Gasteiger charge is 2.10. The van der Waals surface area contributed by atoms with Crippen LogP contribution in [0.25, 0.3) is 0 Å². The molecule has 1 unspecified atom stereocenters. The number of hydrogen-bond donors (Lipinski definition) is 0. The van der Waals surface area contributed by atoms with Gasteiger partial charge in [0.2, 0.25) is 5.89 Å². The first kappa shape index (κ1) is 13.1. The Morgan fingerprint density at radius 3 is 2.94 bits per heavy atom. The van der Waals surface area contributed by atoms with Gasteiger partial charge in [-0.2, -0.15) is 0 Å². The summed E-state index contributed by atoms with van der Waals surface area (Å²) in [6.07, 6.45) is 1.51. The van der Waals surface area contributed by atoms with Crippen molar-refractivity contribution in [3.63, 3.8) is 0 Å². The maximum absolute atomic E-state index is 13.0. The highest BCUT2D eigenvalue weighted by atomic mass is 32.2. The molecule has 18 heavy (non-hydrogen) atoms. The van der Waals surface area contributed by atoms with Crippen LogP contribution in [0.1, 0.15) is 31.7 Å². The lowest BCUT2D eigenvalue weighted by molar-refractivity contribution is 0.419. The number of thioether (sulfide) groups is 1. The lowest BCUT2D eigenvalue weighted by atomic mass is 10.1. The molecule has 0 bridgehead atoms. The van der Waals surface area contributed by atoms with Crippen molar-refractivity contribution in [2.75, 3.05) is 0 Å². The van der Waals surface area contributed by atoms with Gasteiger partial charge in [-0.3, -0.25) is 0 Å². The average Bonchev–Trinajstić information content (AvgIpc) is 2.76. The summed E-state index contributed by atoms with van der Waals surface area (Å²) in [6.45, 7) is 4.23. The lowest BCUT2D eigenvalue weighted by Crippen LogP contribution is -1.91. The van der Waals surface area contributed by atoms with E-state index in [1.165, 1.54) is 12.1 Å². The van der Waals surface area contributed by atoms with Gasteiger partial charge in [0, 0.05) is 5.25 Å². The van der Waals surface area contributed by atoms with Crippen LogP contribution in [0, 0.1) is 5.82 Å². The Kier molecular flexibility index (Phi) is 4.36. The van der Waals surface area contributed by atoms with E-state index in [2.05, 4.69) is 24.0 Å². The first-order valence-corrected chi connectivity index (χ1v) is 6.79. The van der Waals surface area contributed by atoms with E-state index in [1.807, 2.05) is 6.07 Å². The van der Waals surface area contributed by atoms with Gasteiger partial charge >= 0.3 is 0 Å². The molecule has 0 saturated carbocycles. The predicted molar refractivity (Wildman–Crippen MR) is 69.1 cm³/mol. The van der Waals surface area contributed by atoms with Crippen molar-refractivity contribution in [2.24, 2.45) is 0 Å². The van der Waals surface area contributed by atoms with Crippen LogP contribution in [0.3, 0.4) is 0 Å². The second-order valence-electron chi connectivity index (χ2n) is 4.11. The standard InChI is InChI=1S/C13H15FN2OS/c1-3-9(2)18-13-16-15-12(17-13)8-10-5-4-6-11(14)7-10/h4-7,9H,3,8H2,1-2H3. The fourth-order valence-corrected chi connectivity index (χ4v) is 2.18. The zero-order valence-corrected chi connectivity index (χ0v) is 11.2. The van der Waals surface area contributed by atoms with Crippen molar-refractivity contribution in [3.8, 4) is 0 Å². The van der Waals surface area contributed by atoms with Crippen LogP contribution in [-0.4, -0.2) is 15.4 Å². The Hall–Kier alpha value is -1.36. The third-order valence-corrected chi connectivity index (χ3v) is 3.67. The van der Waals surface area contributed by atoms with Crippen molar-refractivity contribution >= 4 is 11.8 Å². The van der Waals surface area contributed by atoms with Gasteiger partial charge in [-0.1, -0.05) is 37.7 Å². The fraction of sp³-hybridized carbons (Fsp3) is 0.385. The molecule has 96 valence electrons. The SMILES string of the molecule is CCC(C)Sc1nnc(Cc2cccc(F)c2)o1. The second kappa shape index (κ2) is 6.00. The zero-order valence-electron chi connectivity index (χ0n) is 10.4. The van der Waals surface area contributed by atoms with Crippen LogP contribution in [-0.2, 0) is 6.42 Å². The summed E-state index contributed by atoms with van der Waals surface area (Å²) >= 11 is 1.56. The van der Waals surface area contributed by atoms with Crippen LogP contribution in [0.2, 0.25) is 0 Å². The van der Waals surface area contributed by atoms with Gasteiger partial charge < -0.3 is 4.42 Å².